The zero-order valence-electron chi connectivity index (χ0n) is 8.33. The fourth-order valence-corrected chi connectivity index (χ4v) is 1.69. The first-order chi connectivity index (χ1) is 6.79. The molecule has 0 spiro atoms. The van der Waals surface area contributed by atoms with Gasteiger partial charge in [0.25, 0.3) is 0 Å². The maximum Gasteiger partial charge on any atom is 0.134 e. The van der Waals surface area contributed by atoms with Crippen LogP contribution < -0.4 is 4.90 Å². The van der Waals surface area contributed by atoms with Crippen molar-refractivity contribution in [1.29, 1.82) is 0 Å². The SMILES string of the molecule is CCCc1nc(Cl)cc(N2CCC2)n1. The molecule has 1 aromatic heterocycles. The van der Waals surface area contributed by atoms with Gasteiger partial charge in [-0.15, -0.1) is 0 Å². The van der Waals surface area contributed by atoms with Crippen molar-refractivity contribution in [2.45, 2.75) is 26.2 Å². The van der Waals surface area contributed by atoms with E-state index in [-0.39, 0.29) is 0 Å². The Kier molecular flexibility index (Phi) is 2.87. The molecule has 0 unspecified atom stereocenters. The Morgan fingerprint density at radius 2 is 2.21 bits per heavy atom. The van der Waals surface area contributed by atoms with Gasteiger partial charge in [-0.25, -0.2) is 9.97 Å². The van der Waals surface area contributed by atoms with Crippen molar-refractivity contribution in [3.05, 3.63) is 17.0 Å². The standard InChI is InChI=1S/C10H14ClN3/c1-2-4-9-12-8(11)7-10(13-9)14-5-3-6-14/h7H,2-6H2,1H3. The van der Waals surface area contributed by atoms with Gasteiger partial charge in [0.1, 0.15) is 16.8 Å². The minimum Gasteiger partial charge on any atom is -0.356 e. The zero-order valence-corrected chi connectivity index (χ0v) is 9.09. The highest BCUT2D eigenvalue weighted by atomic mass is 35.5. The summed E-state index contributed by atoms with van der Waals surface area (Å²) in [5.74, 6) is 1.85. The topological polar surface area (TPSA) is 29.0 Å². The van der Waals surface area contributed by atoms with E-state index in [9.17, 15) is 0 Å². The number of aromatic nitrogens is 2. The number of hydrogen-bond acceptors (Lipinski definition) is 3. The number of halogens is 1. The van der Waals surface area contributed by atoms with Crippen molar-refractivity contribution < 1.29 is 0 Å². The Hall–Kier alpha value is -0.830. The van der Waals surface area contributed by atoms with Crippen LogP contribution in [0.15, 0.2) is 6.07 Å². The summed E-state index contributed by atoms with van der Waals surface area (Å²) in [4.78, 5) is 10.9. The maximum atomic E-state index is 5.93. The summed E-state index contributed by atoms with van der Waals surface area (Å²) in [6.07, 6.45) is 3.21. The van der Waals surface area contributed by atoms with E-state index in [2.05, 4.69) is 21.8 Å². The molecule has 0 amide bonds. The number of rotatable bonds is 3. The van der Waals surface area contributed by atoms with E-state index in [0.717, 1.165) is 37.6 Å². The van der Waals surface area contributed by atoms with Gasteiger partial charge in [0.05, 0.1) is 0 Å². The highest BCUT2D eigenvalue weighted by Crippen LogP contribution is 2.21. The molecule has 76 valence electrons. The molecule has 0 bridgehead atoms. The molecular formula is C10H14ClN3. The van der Waals surface area contributed by atoms with Crippen molar-refractivity contribution in [1.82, 2.24) is 9.97 Å². The van der Waals surface area contributed by atoms with E-state index in [1.54, 1.807) is 0 Å². The minimum atomic E-state index is 0.561. The number of anilines is 1. The summed E-state index contributed by atoms with van der Waals surface area (Å²) < 4.78 is 0. The maximum absolute atomic E-state index is 5.93. The Morgan fingerprint density at radius 3 is 2.79 bits per heavy atom. The largest absolute Gasteiger partial charge is 0.356 e. The normalized spacial score (nSPS) is 15.4. The van der Waals surface area contributed by atoms with Crippen LogP contribution in [0, 0.1) is 0 Å². The molecule has 3 nitrogen and oxygen atoms in total. The third-order valence-corrected chi connectivity index (χ3v) is 2.57. The van der Waals surface area contributed by atoms with Gasteiger partial charge in [-0.2, -0.15) is 0 Å². The zero-order chi connectivity index (χ0) is 9.97. The quantitative estimate of drug-likeness (QED) is 0.719. The van der Waals surface area contributed by atoms with Crippen molar-refractivity contribution in [3.8, 4) is 0 Å². The number of hydrogen-bond donors (Lipinski definition) is 0. The molecule has 2 rings (SSSR count). The van der Waals surface area contributed by atoms with E-state index in [1.165, 1.54) is 6.42 Å². The molecule has 0 radical (unpaired) electrons. The van der Waals surface area contributed by atoms with Crippen LogP contribution in [-0.2, 0) is 6.42 Å². The Bertz CT molecular complexity index is 323. The second kappa shape index (κ2) is 4.13. The smallest absolute Gasteiger partial charge is 0.134 e. The van der Waals surface area contributed by atoms with Crippen LogP contribution in [-0.4, -0.2) is 23.1 Å². The van der Waals surface area contributed by atoms with E-state index in [4.69, 9.17) is 11.6 Å². The molecule has 1 aliphatic rings. The van der Waals surface area contributed by atoms with Crippen molar-refractivity contribution in [2.75, 3.05) is 18.0 Å². The first-order valence-electron chi connectivity index (χ1n) is 5.08. The van der Waals surface area contributed by atoms with Crippen LogP contribution >= 0.6 is 11.6 Å². The van der Waals surface area contributed by atoms with Gasteiger partial charge in [0, 0.05) is 25.6 Å². The molecule has 1 saturated heterocycles. The third kappa shape index (κ3) is 1.98. The second-order valence-electron chi connectivity index (χ2n) is 3.56. The molecule has 1 aliphatic heterocycles. The van der Waals surface area contributed by atoms with Gasteiger partial charge in [-0.05, 0) is 12.8 Å². The van der Waals surface area contributed by atoms with Crippen molar-refractivity contribution in [2.24, 2.45) is 0 Å². The van der Waals surface area contributed by atoms with Crippen LogP contribution in [0.2, 0.25) is 5.15 Å². The fourth-order valence-electron chi connectivity index (χ4n) is 1.49. The van der Waals surface area contributed by atoms with Crippen LogP contribution in [0.3, 0.4) is 0 Å². The molecule has 0 atom stereocenters. The summed E-state index contributed by atoms with van der Waals surface area (Å²) in [5, 5.41) is 0.561. The lowest BCUT2D eigenvalue weighted by molar-refractivity contribution is 0.606. The molecule has 0 aromatic carbocycles. The molecule has 4 heteroatoms. The minimum absolute atomic E-state index is 0.561. The lowest BCUT2D eigenvalue weighted by atomic mass is 10.2. The molecule has 2 heterocycles. The van der Waals surface area contributed by atoms with Crippen LogP contribution in [0.5, 0.6) is 0 Å². The average molecular weight is 212 g/mol. The molecular weight excluding hydrogens is 198 g/mol. The first kappa shape index (κ1) is 9.71. The third-order valence-electron chi connectivity index (χ3n) is 2.38. The predicted molar refractivity (Wildman–Crippen MR) is 57.9 cm³/mol. The lowest BCUT2D eigenvalue weighted by Gasteiger charge is -2.32. The van der Waals surface area contributed by atoms with Gasteiger partial charge >= 0.3 is 0 Å². The van der Waals surface area contributed by atoms with Gasteiger partial charge in [-0.3, -0.25) is 0 Å². The summed E-state index contributed by atoms with van der Waals surface area (Å²) >= 11 is 5.93. The Morgan fingerprint density at radius 1 is 1.43 bits per heavy atom. The van der Waals surface area contributed by atoms with Crippen LogP contribution in [0.1, 0.15) is 25.6 Å². The average Bonchev–Trinajstić information content (AvgIpc) is 1.99. The molecule has 14 heavy (non-hydrogen) atoms. The van der Waals surface area contributed by atoms with Gasteiger partial charge < -0.3 is 4.90 Å². The molecule has 0 N–H and O–H groups in total. The molecule has 0 aliphatic carbocycles. The van der Waals surface area contributed by atoms with Crippen molar-refractivity contribution >= 4 is 17.4 Å². The summed E-state index contributed by atoms with van der Waals surface area (Å²) in [6.45, 7) is 4.31. The Balaban J connectivity index is 2.21. The summed E-state index contributed by atoms with van der Waals surface area (Å²) in [7, 11) is 0. The van der Waals surface area contributed by atoms with E-state index in [1.807, 2.05) is 6.07 Å². The van der Waals surface area contributed by atoms with E-state index in [0.29, 0.717) is 5.15 Å². The Labute approximate surface area is 89.1 Å². The predicted octanol–water partition coefficient (Wildman–Crippen LogP) is 2.29. The van der Waals surface area contributed by atoms with Gasteiger partial charge in [-0.1, -0.05) is 18.5 Å². The molecule has 0 saturated carbocycles. The highest BCUT2D eigenvalue weighted by molar-refractivity contribution is 6.29. The van der Waals surface area contributed by atoms with Gasteiger partial charge in [0.15, 0.2) is 0 Å². The molecule has 1 fully saturated rings. The fraction of sp³-hybridized carbons (Fsp3) is 0.600. The van der Waals surface area contributed by atoms with E-state index < -0.39 is 0 Å². The highest BCUT2D eigenvalue weighted by Gasteiger charge is 2.16. The summed E-state index contributed by atoms with van der Waals surface area (Å²) in [6, 6.07) is 1.85. The van der Waals surface area contributed by atoms with Crippen LogP contribution in [0.25, 0.3) is 0 Å². The van der Waals surface area contributed by atoms with Crippen molar-refractivity contribution in [3.63, 3.8) is 0 Å². The monoisotopic (exact) mass is 211 g/mol. The first-order valence-corrected chi connectivity index (χ1v) is 5.46. The van der Waals surface area contributed by atoms with Crippen LogP contribution in [0.4, 0.5) is 5.82 Å². The number of nitrogens with zero attached hydrogens (tertiary/aromatic N) is 3. The molecule has 1 aromatic rings. The second-order valence-corrected chi connectivity index (χ2v) is 3.94. The summed E-state index contributed by atoms with van der Waals surface area (Å²) in [5.41, 5.74) is 0. The van der Waals surface area contributed by atoms with E-state index >= 15 is 0 Å². The van der Waals surface area contributed by atoms with Gasteiger partial charge in [0.2, 0.25) is 0 Å². The number of aryl methyl sites for hydroxylation is 1. The lowest BCUT2D eigenvalue weighted by Crippen LogP contribution is -2.37.